The third-order valence-corrected chi connectivity index (χ3v) is 3.43. The number of nitrogens with one attached hydrogen (secondary N) is 1. The number of rotatable bonds is 0. The number of amides is 1. The van der Waals surface area contributed by atoms with E-state index in [0.29, 0.717) is 11.6 Å². The predicted molar refractivity (Wildman–Crippen MR) is 82.7 cm³/mol. The summed E-state index contributed by atoms with van der Waals surface area (Å²) in [5.74, 6) is 0. The van der Waals surface area contributed by atoms with E-state index in [2.05, 4.69) is 5.32 Å². The number of ether oxygens (including phenoxy) is 1. The number of fused-ring (bicyclic) bond motifs is 1. The number of carbonyl (C=O) groups is 1. The van der Waals surface area contributed by atoms with E-state index in [4.69, 9.17) is 16.3 Å². The van der Waals surface area contributed by atoms with Crippen molar-refractivity contribution in [3.8, 4) is 0 Å². The summed E-state index contributed by atoms with van der Waals surface area (Å²) in [7, 11) is 0. The topological polar surface area (TPSA) is 41.6 Å². The van der Waals surface area contributed by atoms with Gasteiger partial charge in [-0.05, 0) is 46.8 Å². The molecule has 1 aromatic rings. The van der Waals surface area contributed by atoms with Crippen molar-refractivity contribution < 1.29 is 9.53 Å². The molecule has 1 N–H and O–H groups in total. The molecule has 0 spiro atoms. The van der Waals surface area contributed by atoms with E-state index in [9.17, 15) is 4.79 Å². The molecule has 0 saturated heterocycles. The van der Waals surface area contributed by atoms with Crippen LogP contribution in [0.5, 0.6) is 0 Å². The lowest BCUT2D eigenvalue weighted by atomic mass is 9.98. The standard InChI is InChI=1S/C15H21ClN2O2/c1-14(2,3)20-13(19)18-11-8-6-7-10(16)12(11)17-9-15(18,4)5/h6-8,17H,9H2,1-5H3. The van der Waals surface area contributed by atoms with Crippen LogP contribution >= 0.6 is 11.6 Å². The molecule has 0 aliphatic carbocycles. The molecule has 1 amide bonds. The molecule has 110 valence electrons. The van der Waals surface area contributed by atoms with Crippen LogP contribution < -0.4 is 10.2 Å². The quantitative estimate of drug-likeness (QED) is 0.776. The first-order valence-electron chi connectivity index (χ1n) is 6.67. The van der Waals surface area contributed by atoms with Gasteiger partial charge in [0, 0.05) is 6.54 Å². The molecule has 0 radical (unpaired) electrons. The first-order chi connectivity index (χ1) is 9.12. The monoisotopic (exact) mass is 296 g/mol. The fourth-order valence-electron chi connectivity index (χ4n) is 2.24. The first kappa shape index (κ1) is 15.0. The molecule has 1 aliphatic rings. The second kappa shape index (κ2) is 4.85. The Morgan fingerprint density at radius 1 is 1.40 bits per heavy atom. The second-order valence-electron chi connectivity index (χ2n) is 6.62. The highest BCUT2D eigenvalue weighted by atomic mass is 35.5. The van der Waals surface area contributed by atoms with Crippen LogP contribution in [-0.4, -0.2) is 23.8 Å². The van der Waals surface area contributed by atoms with Crippen molar-refractivity contribution in [2.75, 3.05) is 16.8 Å². The predicted octanol–water partition coefficient (Wildman–Crippen LogP) is 4.29. The summed E-state index contributed by atoms with van der Waals surface area (Å²) < 4.78 is 5.53. The van der Waals surface area contributed by atoms with Crippen LogP contribution in [0.15, 0.2) is 18.2 Å². The van der Waals surface area contributed by atoms with E-state index in [1.807, 2.05) is 46.8 Å². The lowest BCUT2D eigenvalue weighted by Gasteiger charge is -2.44. The minimum absolute atomic E-state index is 0.354. The van der Waals surface area contributed by atoms with Crippen LogP contribution in [-0.2, 0) is 4.74 Å². The number of para-hydroxylation sites is 1. The van der Waals surface area contributed by atoms with E-state index < -0.39 is 5.60 Å². The highest BCUT2D eigenvalue weighted by molar-refractivity contribution is 6.34. The third-order valence-electron chi connectivity index (χ3n) is 3.11. The van der Waals surface area contributed by atoms with Crippen molar-refractivity contribution in [2.24, 2.45) is 0 Å². The Morgan fingerprint density at radius 2 is 2.05 bits per heavy atom. The number of halogens is 1. The lowest BCUT2D eigenvalue weighted by molar-refractivity contribution is 0.0547. The van der Waals surface area contributed by atoms with Crippen molar-refractivity contribution in [1.82, 2.24) is 0 Å². The highest BCUT2D eigenvalue weighted by Crippen LogP contribution is 2.40. The fraction of sp³-hybridized carbons (Fsp3) is 0.533. The van der Waals surface area contributed by atoms with Gasteiger partial charge in [0.25, 0.3) is 0 Å². The van der Waals surface area contributed by atoms with Gasteiger partial charge in [0.1, 0.15) is 5.60 Å². The zero-order valence-electron chi connectivity index (χ0n) is 12.6. The minimum Gasteiger partial charge on any atom is -0.443 e. The average molecular weight is 297 g/mol. The van der Waals surface area contributed by atoms with Gasteiger partial charge < -0.3 is 10.1 Å². The molecular formula is C15H21ClN2O2. The van der Waals surface area contributed by atoms with Gasteiger partial charge >= 0.3 is 6.09 Å². The Kier molecular flexibility index (Phi) is 3.63. The molecule has 0 fully saturated rings. The largest absolute Gasteiger partial charge is 0.443 e. The van der Waals surface area contributed by atoms with Crippen molar-refractivity contribution in [1.29, 1.82) is 0 Å². The summed E-state index contributed by atoms with van der Waals surface area (Å²) in [4.78, 5) is 14.2. The first-order valence-corrected chi connectivity index (χ1v) is 7.05. The number of benzene rings is 1. The van der Waals surface area contributed by atoms with Crippen LogP contribution in [0.3, 0.4) is 0 Å². The molecule has 0 aromatic heterocycles. The van der Waals surface area contributed by atoms with Crippen molar-refractivity contribution in [3.63, 3.8) is 0 Å². The number of nitrogens with zero attached hydrogens (tertiary/aromatic N) is 1. The summed E-state index contributed by atoms with van der Waals surface area (Å²) in [6, 6.07) is 5.51. The van der Waals surface area contributed by atoms with Crippen LogP contribution in [0.2, 0.25) is 5.02 Å². The van der Waals surface area contributed by atoms with E-state index in [0.717, 1.165) is 11.4 Å². The van der Waals surface area contributed by atoms with Gasteiger partial charge in [-0.15, -0.1) is 0 Å². The molecule has 20 heavy (non-hydrogen) atoms. The maximum Gasteiger partial charge on any atom is 0.415 e. The smallest absolute Gasteiger partial charge is 0.415 e. The van der Waals surface area contributed by atoms with Crippen LogP contribution in [0.25, 0.3) is 0 Å². The average Bonchev–Trinajstić information content (AvgIpc) is 2.24. The summed E-state index contributed by atoms with van der Waals surface area (Å²) in [6.45, 7) is 10.2. The lowest BCUT2D eigenvalue weighted by Crippen LogP contribution is -2.56. The number of hydrogen-bond acceptors (Lipinski definition) is 3. The molecule has 5 heteroatoms. The van der Waals surface area contributed by atoms with Crippen LogP contribution in [0.4, 0.5) is 16.2 Å². The number of carbonyl (C=O) groups excluding carboxylic acids is 1. The fourth-order valence-corrected chi connectivity index (χ4v) is 2.47. The van der Waals surface area contributed by atoms with Gasteiger partial charge in [-0.1, -0.05) is 17.7 Å². The molecular weight excluding hydrogens is 276 g/mol. The van der Waals surface area contributed by atoms with Gasteiger partial charge in [-0.2, -0.15) is 0 Å². The Bertz CT molecular complexity index is 535. The van der Waals surface area contributed by atoms with Gasteiger partial charge in [-0.25, -0.2) is 4.79 Å². The Morgan fingerprint density at radius 3 is 2.65 bits per heavy atom. The third kappa shape index (κ3) is 2.85. The van der Waals surface area contributed by atoms with E-state index >= 15 is 0 Å². The maximum atomic E-state index is 12.5. The Balaban J connectivity index is 2.45. The van der Waals surface area contributed by atoms with E-state index in [1.54, 1.807) is 11.0 Å². The Hall–Kier alpha value is -1.42. The molecule has 1 heterocycles. The van der Waals surface area contributed by atoms with Crippen LogP contribution in [0.1, 0.15) is 34.6 Å². The normalized spacial score (nSPS) is 17.2. The maximum absolute atomic E-state index is 12.5. The molecule has 0 atom stereocenters. The molecule has 2 rings (SSSR count). The number of hydrogen-bond donors (Lipinski definition) is 1. The zero-order valence-corrected chi connectivity index (χ0v) is 13.3. The summed E-state index contributed by atoms with van der Waals surface area (Å²) >= 11 is 6.20. The van der Waals surface area contributed by atoms with Crippen molar-refractivity contribution >= 4 is 29.1 Å². The molecule has 0 bridgehead atoms. The molecule has 1 aromatic carbocycles. The SMILES string of the molecule is CC(C)(C)OC(=O)N1c2cccc(Cl)c2NCC1(C)C. The van der Waals surface area contributed by atoms with Crippen molar-refractivity contribution in [2.45, 2.75) is 45.8 Å². The molecule has 4 nitrogen and oxygen atoms in total. The Labute approximate surface area is 125 Å². The van der Waals surface area contributed by atoms with Crippen molar-refractivity contribution in [3.05, 3.63) is 23.2 Å². The van der Waals surface area contributed by atoms with Gasteiger partial charge in [0.2, 0.25) is 0 Å². The highest BCUT2D eigenvalue weighted by Gasteiger charge is 2.40. The van der Waals surface area contributed by atoms with E-state index in [-0.39, 0.29) is 11.6 Å². The summed E-state index contributed by atoms with van der Waals surface area (Å²) in [6.07, 6.45) is -0.354. The zero-order chi connectivity index (χ0) is 15.1. The van der Waals surface area contributed by atoms with E-state index in [1.165, 1.54) is 0 Å². The summed E-state index contributed by atoms with van der Waals surface area (Å²) in [5.41, 5.74) is 0.610. The van der Waals surface area contributed by atoms with Gasteiger partial charge in [0.15, 0.2) is 0 Å². The van der Waals surface area contributed by atoms with Crippen LogP contribution in [0, 0.1) is 0 Å². The van der Waals surface area contributed by atoms with Gasteiger partial charge in [-0.3, -0.25) is 4.90 Å². The molecule has 0 saturated carbocycles. The molecule has 1 aliphatic heterocycles. The second-order valence-corrected chi connectivity index (χ2v) is 7.02. The van der Waals surface area contributed by atoms with Gasteiger partial charge in [0.05, 0.1) is 21.9 Å². The minimum atomic E-state index is -0.531. The summed E-state index contributed by atoms with van der Waals surface area (Å²) in [5, 5.41) is 3.89. The number of anilines is 2. The molecule has 0 unspecified atom stereocenters.